The molecule has 2 aliphatic rings. The molecule has 0 saturated heterocycles. The van der Waals surface area contributed by atoms with Crippen molar-refractivity contribution in [2.24, 2.45) is 16.8 Å². The van der Waals surface area contributed by atoms with Crippen molar-refractivity contribution >= 4 is 11.9 Å². The SMILES string of the molecule is CN=C(NCCCC(=O)N1Cc2ccccc2C1)NC1CC(C)CC(C)C1. The zero-order valence-electron chi connectivity index (χ0n) is 17.0. The lowest BCUT2D eigenvalue weighted by Gasteiger charge is -2.32. The predicted octanol–water partition coefficient (Wildman–Crippen LogP) is 3.30. The monoisotopic (exact) mass is 370 g/mol. The summed E-state index contributed by atoms with van der Waals surface area (Å²) in [4.78, 5) is 18.8. The molecule has 1 aliphatic carbocycles. The Hall–Kier alpha value is -2.04. The Labute approximate surface area is 163 Å². The summed E-state index contributed by atoms with van der Waals surface area (Å²) in [5.74, 6) is 2.64. The zero-order chi connectivity index (χ0) is 19.2. The van der Waals surface area contributed by atoms with Crippen molar-refractivity contribution in [3.8, 4) is 0 Å². The van der Waals surface area contributed by atoms with Crippen LogP contribution in [0.2, 0.25) is 0 Å². The number of carbonyl (C=O) groups excluding carboxylic acids is 1. The largest absolute Gasteiger partial charge is 0.356 e. The number of benzene rings is 1. The van der Waals surface area contributed by atoms with Gasteiger partial charge in [-0.15, -0.1) is 0 Å². The van der Waals surface area contributed by atoms with E-state index >= 15 is 0 Å². The Kier molecular flexibility index (Phi) is 6.75. The van der Waals surface area contributed by atoms with Gasteiger partial charge in [-0.2, -0.15) is 0 Å². The Bertz CT molecular complexity index is 637. The van der Waals surface area contributed by atoms with Crippen LogP contribution in [0.5, 0.6) is 0 Å². The second-order valence-corrected chi connectivity index (χ2v) is 8.38. The molecule has 1 fully saturated rings. The molecule has 1 saturated carbocycles. The number of hydrogen-bond acceptors (Lipinski definition) is 2. The molecule has 5 heteroatoms. The minimum absolute atomic E-state index is 0.242. The predicted molar refractivity (Wildman–Crippen MR) is 110 cm³/mol. The summed E-state index contributed by atoms with van der Waals surface area (Å²) in [7, 11) is 1.82. The molecule has 2 N–H and O–H groups in total. The first-order valence-electron chi connectivity index (χ1n) is 10.4. The molecule has 2 atom stereocenters. The molecule has 2 unspecified atom stereocenters. The Morgan fingerprint density at radius 3 is 2.33 bits per heavy atom. The molecule has 5 nitrogen and oxygen atoms in total. The van der Waals surface area contributed by atoms with E-state index in [0.29, 0.717) is 12.5 Å². The van der Waals surface area contributed by atoms with Crippen molar-refractivity contribution in [1.82, 2.24) is 15.5 Å². The lowest BCUT2D eigenvalue weighted by atomic mass is 9.80. The molecule has 27 heavy (non-hydrogen) atoms. The van der Waals surface area contributed by atoms with Crippen molar-refractivity contribution in [3.63, 3.8) is 0 Å². The van der Waals surface area contributed by atoms with E-state index in [2.05, 4.69) is 41.6 Å². The molecule has 0 spiro atoms. The second kappa shape index (κ2) is 9.25. The van der Waals surface area contributed by atoms with Crippen LogP contribution in [0.15, 0.2) is 29.3 Å². The van der Waals surface area contributed by atoms with Gasteiger partial charge in [-0.25, -0.2) is 0 Å². The normalized spacial score (nSPS) is 25.2. The summed E-state index contributed by atoms with van der Waals surface area (Å²) >= 11 is 0. The van der Waals surface area contributed by atoms with Gasteiger partial charge in [0.05, 0.1) is 0 Å². The van der Waals surface area contributed by atoms with E-state index in [-0.39, 0.29) is 5.91 Å². The minimum Gasteiger partial charge on any atom is -0.356 e. The molecular formula is C22H34N4O. The molecule has 1 aromatic rings. The third-order valence-electron chi connectivity index (χ3n) is 5.80. The summed E-state index contributed by atoms with van der Waals surface area (Å²) in [5, 5.41) is 6.94. The smallest absolute Gasteiger partial charge is 0.223 e. The number of guanidine groups is 1. The van der Waals surface area contributed by atoms with Crippen molar-refractivity contribution in [2.75, 3.05) is 13.6 Å². The van der Waals surface area contributed by atoms with Gasteiger partial charge in [0.15, 0.2) is 5.96 Å². The first-order chi connectivity index (χ1) is 13.0. The number of fused-ring (bicyclic) bond motifs is 1. The summed E-state index contributed by atoms with van der Waals surface area (Å²) in [6, 6.07) is 8.83. The van der Waals surface area contributed by atoms with E-state index in [9.17, 15) is 4.79 Å². The highest BCUT2D eigenvalue weighted by molar-refractivity contribution is 5.80. The van der Waals surface area contributed by atoms with Crippen LogP contribution >= 0.6 is 0 Å². The third kappa shape index (κ3) is 5.47. The Morgan fingerprint density at radius 2 is 1.74 bits per heavy atom. The fourth-order valence-electron chi connectivity index (χ4n) is 4.57. The average molecular weight is 371 g/mol. The van der Waals surface area contributed by atoms with E-state index < -0.39 is 0 Å². The van der Waals surface area contributed by atoms with E-state index in [4.69, 9.17) is 0 Å². The first-order valence-corrected chi connectivity index (χ1v) is 10.4. The van der Waals surface area contributed by atoms with Gasteiger partial charge < -0.3 is 15.5 Å². The topological polar surface area (TPSA) is 56.7 Å². The van der Waals surface area contributed by atoms with Crippen LogP contribution < -0.4 is 10.6 Å². The van der Waals surface area contributed by atoms with Gasteiger partial charge in [0.1, 0.15) is 0 Å². The molecule has 3 rings (SSSR count). The highest BCUT2D eigenvalue weighted by Crippen LogP contribution is 2.28. The maximum absolute atomic E-state index is 12.5. The number of carbonyl (C=O) groups is 1. The van der Waals surface area contributed by atoms with Crippen LogP contribution in [0.1, 0.15) is 57.1 Å². The van der Waals surface area contributed by atoms with Crippen LogP contribution in [0.3, 0.4) is 0 Å². The summed E-state index contributed by atoms with van der Waals surface area (Å²) in [6.07, 6.45) is 5.14. The lowest BCUT2D eigenvalue weighted by molar-refractivity contribution is -0.131. The molecule has 1 aliphatic heterocycles. The maximum Gasteiger partial charge on any atom is 0.223 e. The maximum atomic E-state index is 12.5. The number of hydrogen-bond donors (Lipinski definition) is 2. The van der Waals surface area contributed by atoms with Gasteiger partial charge in [0.2, 0.25) is 5.91 Å². The summed E-state index contributed by atoms with van der Waals surface area (Å²) < 4.78 is 0. The number of aliphatic imine (C=N–C) groups is 1. The van der Waals surface area contributed by atoms with Crippen molar-refractivity contribution in [2.45, 2.75) is 65.1 Å². The Balaban J connectivity index is 1.36. The minimum atomic E-state index is 0.242. The lowest BCUT2D eigenvalue weighted by Crippen LogP contribution is -2.46. The van der Waals surface area contributed by atoms with Gasteiger partial charge in [0, 0.05) is 39.1 Å². The standard InChI is InChI=1S/C22H34N4O/c1-16-11-17(2)13-20(12-16)25-22(23-3)24-10-6-9-21(27)26-14-18-7-4-5-8-19(18)15-26/h4-5,7-8,16-17,20H,6,9-15H2,1-3H3,(H2,23,24,25). The molecule has 0 radical (unpaired) electrons. The molecule has 0 bridgehead atoms. The van der Waals surface area contributed by atoms with Crippen molar-refractivity contribution < 1.29 is 4.79 Å². The first kappa shape index (κ1) is 19.7. The van der Waals surface area contributed by atoms with E-state index in [1.54, 1.807) is 0 Å². The van der Waals surface area contributed by atoms with Gasteiger partial charge >= 0.3 is 0 Å². The molecule has 148 valence electrons. The highest BCUT2D eigenvalue weighted by Gasteiger charge is 2.25. The molecular weight excluding hydrogens is 336 g/mol. The second-order valence-electron chi connectivity index (χ2n) is 8.38. The molecule has 1 amide bonds. The molecule has 1 heterocycles. The van der Waals surface area contributed by atoms with E-state index in [0.717, 1.165) is 43.9 Å². The summed E-state index contributed by atoms with van der Waals surface area (Å²) in [5.41, 5.74) is 2.56. The zero-order valence-corrected chi connectivity index (χ0v) is 17.0. The van der Waals surface area contributed by atoms with Gasteiger partial charge in [0.25, 0.3) is 0 Å². The number of nitrogens with zero attached hydrogens (tertiary/aromatic N) is 2. The van der Waals surface area contributed by atoms with Crippen molar-refractivity contribution in [1.29, 1.82) is 0 Å². The third-order valence-corrected chi connectivity index (χ3v) is 5.80. The van der Waals surface area contributed by atoms with Gasteiger partial charge in [-0.3, -0.25) is 9.79 Å². The van der Waals surface area contributed by atoms with E-state index in [1.807, 2.05) is 24.1 Å². The summed E-state index contributed by atoms with van der Waals surface area (Å²) in [6.45, 7) is 6.95. The van der Waals surface area contributed by atoms with Crippen LogP contribution in [0.25, 0.3) is 0 Å². The van der Waals surface area contributed by atoms with Gasteiger partial charge in [-0.1, -0.05) is 38.1 Å². The van der Waals surface area contributed by atoms with Crippen LogP contribution in [-0.2, 0) is 17.9 Å². The fourth-order valence-corrected chi connectivity index (χ4v) is 4.57. The average Bonchev–Trinajstić information content (AvgIpc) is 3.07. The number of rotatable bonds is 5. The van der Waals surface area contributed by atoms with Crippen LogP contribution in [0, 0.1) is 11.8 Å². The van der Waals surface area contributed by atoms with Crippen LogP contribution in [-0.4, -0.2) is 36.4 Å². The van der Waals surface area contributed by atoms with Crippen molar-refractivity contribution in [3.05, 3.63) is 35.4 Å². The molecule has 0 aromatic heterocycles. The van der Waals surface area contributed by atoms with Gasteiger partial charge in [-0.05, 0) is 48.6 Å². The highest BCUT2D eigenvalue weighted by atomic mass is 16.2. The number of nitrogens with one attached hydrogen (secondary N) is 2. The van der Waals surface area contributed by atoms with Crippen LogP contribution in [0.4, 0.5) is 0 Å². The number of amides is 1. The Morgan fingerprint density at radius 1 is 1.11 bits per heavy atom. The quantitative estimate of drug-likeness (QED) is 0.475. The van der Waals surface area contributed by atoms with E-state index in [1.165, 1.54) is 30.4 Å². The molecule has 1 aromatic carbocycles. The fraction of sp³-hybridized carbons (Fsp3) is 0.636.